The summed E-state index contributed by atoms with van der Waals surface area (Å²) in [5, 5.41) is 0.623. The van der Waals surface area contributed by atoms with Crippen LogP contribution in [-0.4, -0.2) is 29.2 Å². The van der Waals surface area contributed by atoms with E-state index in [2.05, 4.69) is 4.98 Å². The number of unbranched alkanes of at least 4 members (excludes halogenated alkanes) is 1. The van der Waals surface area contributed by atoms with Gasteiger partial charge in [-0.25, -0.2) is 9.78 Å². The van der Waals surface area contributed by atoms with Crippen molar-refractivity contribution >= 4 is 16.9 Å². The van der Waals surface area contributed by atoms with Crippen molar-refractivity contribution in [3.63, 3.8) is 0 Å². The van der Waals surface area contributed by atoms with E-state index in [9.17, 15) is 9.59 Å². The van der Waals surface area contributed by atoms with Crippen LogP contribution in [0.5, 0.6) is 5.75 Å². The molecule has 0 amide bonds. The first-order valence-corrected chi connectivity index (χ1v) is 8.45. The lowest BCUT2D eigenvalue weighted by atomic mass is 10.2. The van der Waals surface area contributed by atoms with E-state index in [1.54, 1.807) is 35.2 Å². The second-order valence-electron chi connectivity index (χ2n) is 5.80. The number of para-hydroxylation sites is 2. The van der Waals surface area contributed by atoms with E-state index in [-0.39, 0.29) is 5.56 Å². The van der Waals surface area contributed by atoms with Gasteiger partial charge in [0, 0.05) is 6.54 Å². The van der Waals surface area contributed by atoms with Gasteiger partial charge in [0.2, 0.25) is 0 Å². The average Bonchev–Trinajstić information content (AvgIpc) is 2.69. The molecule has 0 aliphatic rings. The zero-order valence-electron chi connectivity index (χ0n) is 14.6. The first-order chi connectivity index (χ1) is 12.7. The van der Waals surface area contributed by atoms with Gasteiger partial charge in [0.25, 0.3) is 5.56 Å². The molecular weight excluding hydrogens is 332 g/mol. The number of ether oxygens (including phenoxy) is 2. The van der Waals surface area contributed by atoms with Crippen LogP contribution in [0.15, 0.2) is 59.7 Å². The van der Waals surface area contributed by atoms with Crippen molar-refractivity contribution in [2.24, 2.45) is 0 Å². The summed E-state index contributed by atoms with van der Waals surface area (Å²) in [6.07, 6.45) is 3.09. The van der Waals surface area contributed by atoms with Crippen LogP contribution in [0.3, 0.4) is 0 Å². The van der Waals surface area contributed by atoms with E-state index in [0.717, 1.165) is 12.8 Å². The Morgan fingerprint density at radius 3 is 2.69 bits per heavy atom. The summed E-state index contributed by atoms with van der Waals surface area (Å²) >= 11 is 0. The Morgan fingerprint density at radius 1 is 1.08 bits per heavy atom. The van der Waals surface area contributed by atoms with Crippen LogP contribution in [-0.2, 0) is 11.3 Å². The topological polar surface area (TPSA) is 70.4 Å². The number of aryl methyl sites for hydroxylation is 1. The van der Waals surface area contributed by atoms with Crippen molar-refractivity contribution in [2.45, 2.75) is 19.4 Å². The number of carbonyl (C=O) groups is 1. The number of rotatable bonds is 7. The minimum atomic E-state index is -0.422. The third-order valence-corrected chi connectivity index (χ3v) is 4.07. The van der Waals surface area contributed by atoms with Crippen molar-refractivity contribution in [1.82, 2.24) is 9.55 Å². The maximum absolute atomic E-state index is 12.4. The standard InChI is InChI=1S/C20H20N2O4/c1-25-20(24)16-9-3-5-11-18(16)26-13-7-6-12-22-14-21-17-10-4-2-8-15(17)19(22)23/h2-5,8-11,14H,6-7,12-13H2,1H3. The molecule has 2 aromatic carbocycles. The number of benzene rings is 2. The summed E-state index contributed by atoms with van der Waals surface area (Å²) in [5.74, 6) is 0.0817. The van der Waals surface area contributed by atoms with Gasteiger partial charge in [-0.1, -0.05) is 24.3 Å². The van der Waals surface area contributed by atoms with Crippen LogP contribution in [0, 0.1) is 0 Å². The molecule has 0 saturated heterocycles. The van der Waals surface area contributed by atoms with Gasteiger partial charge in [0.1, 0.15) is 11.3 Å². The number of esters is 1. The zero-order chi connectivity index (χ0) is 18.4. The van der Waals surface area contributed by atoms with E-state index >= 15 is 0 Å². The molecule has 0 saturated carbocycles. The molecule has 0 fully saturated rings. The zero-order valence-corrected chi connectivity index (χ0v) is 14.6. The predicted octanol–water partition coefficient (Wildman–Crippen LogP) is 3.04. The summed E-state index contributed by atoms with van der Waals surface area (Å²) in [4.78, 5) is 28.4. The van der Waals surface area contributed by atoms with Crippen molar-refractivity contribution in [1.29, 1.82) is 0 Å². The highest BCUT2D eigenvalue weighted by molar-refractivity contribution is 5.92. The van der Waals surface area contributed by atoms with Gasteiger partial charge in [-0.3, -0.25) is 9.36 Å². The Labute approximate surface area is 151 Å². The van der Waals surface area contributed by atoms with Crippen LogP contribution in [0.4, 0.5) is 0 Å². The van der Waals surface area contributed by atoms with Crippen LogP contribution >= 0.6 is 0 Å². The first-order valence-electron chi connectivity index (χ1n) is 8.45. The smallest absolute Gasteiger partial charge is 0.341 e. The average molecular weight is 352 g/mol. The SMILES string of the molecule is COC(=O)c1ccccc1OCCCCn1cnc2ccccc2c1=O. The Kier molecular flexibility index (Phi) is 5.63. The van der Waals surface area contributed by atoms with E-state index in [0.29, 0.717) is 35.4 Å². The summed E-state index contributed by atoms with van der Waals surface area (Å²) in [7, 11) is 1.34. The van der Waals surface area contributed by atoms with Gasteiger partial charge in [-0.05, 0) is 37.1 Å². The van der Waals surface area contributed by atoms with Crippen LogP contribution < -0.4 is 10.3 Å². The Hall–Kier alpha value is -3.15. The molecule has 0 bridgehead atoms. The Balaban J connectivity index is 1.55. The number of hydrogen-bond acceptors (Lipinski definition) is 5. The molecule has 6 nitrogen and oxygen atoms in total. The lowest BCUT2D eigenvalue weighted by molar-refractivity contribution is 0.0596. The number of carbonyl (C=O) groups excluding carboxylic acids is 1. The van der Waals surface area contributed by atoms with Crippen molar-refractivity contribution in [3.8, 4) is 5.75 Å². The van der Waals surface area contributed by atoms with Gasteiger partial charge in [-0.15, -0.1) is 0 Å². The fourth-order valence-electron chi connectivity index (χ4n) is 2.70. The van der Waals surface area contributed by atoms with Crippen molar-refractivity contribution < 1.29 is 14.3 Å². The monoisotopic (exact) mass is 352 g/mol. The highest BCUT2D eigenvalue weighted by atomic mass is 16.5. The third kappa shape index (κ3) is 3.91. The molecule has 26 heavy (non-hydrogen) atoms. The van der Waals surface area contributed by atoms with Crippen LogP contribution in [0.1, 0.15) is 23.2 Å². The number of fused-ring (bicyclic) bond motifs is 1. The Morgan fingerprint density at radius 2 is 1.85 bits per heavy atom. The van der Waals surface area contributed by atoms with Crippen LogP contribution in [0.25, 0.3) is 10.9 Å². The molecule has 6 heteroatoms. The van der Waals surface area contributed by atoms with Crippen molar-refractivity contribution in [3.05, 3.63) is 70.8 Å². The van der Waals surface area contributed by atoms with E-state index in [1.165, 1.54) is 7.11 Å². The highest BCUT2D eigenvalue weighted by Gasteiger charge is 2.11. The maximum Gasteiger partial charge on any atom is 0.341 e. The fourth-order valence-corrected chi connectivity index (χ4v) is 2.70. The van der Waals surface area contributed by atoms with E-state index < -0.39 is 5.97 Å². The highest BCUT2D eigenvalue weighted by Crippen LogP contribution is 2.19. The molecular formula is C20H20N2O4. The molecule has 0 atom stereocenters. The minimum Gasteiger partial charge on any atom is -0.493 e. The predicted molar refractivity (Wildman–Crippen MR) is 98.5 cm³/mol. The van der Waals surface area contributed by atoms with Gasteiger partial charge < -0.3 is 9.47 Å². The molecule has 0 N–H and O–H groups in total. The fraction of sp³-hybridized carbons (Fsp3) is 0.250. The third-order valence-electron chi connectivity index (χ3n) is 4.07. The minimum absolute atomic E-state index is 0.0347. The lowest BCUT2D eigenvalue weighted by Crippen LogP contribution is -2.20. The van der Waals surface area contributed by atoms with Gasteiger partial charge in [0.15, 0.2) is 0 Å². The maximum atomic E-state index is 12.4. The van der Waals surface area contributed by atoms with Crippen LogP contribution in [0.2, 0.25) is 0 Å². The quantitative estimate of drug-likeness (QED) is 0.483. The first kappa shape index (κ1) is 17.7. The molecule has 3 rings (SSSR count). The molecule has 0 aliphatic heterocycles. The normalized spacial score (nSPS) is 10.7. The van der Waals surface area contributed by atoms with Crippen molar-refractivity contribution in [2.75, 3.05) is 13.7 Å². The van der Waals surface area contributed by atoms with Gasteiger partial charge >= 0.3 is 5.97 Å². The molecule has 0 spiro atoms. The summed E-state index contributed by atoms with van der Waals surface area (Å²) in [6.45, 7) is 1.02. The van der Waals surface area contributed by atoms with E-state index in [4.69, 9.17) is 9.47 Å². The summed E-state index contributed by atoms with van der Waals surface area (Å²) in [5.41, 5.74) is 1.08. The second-order valence-corrected chi connectivity index (χ2v) is 5.80. The molecule has 0 radical (unpaired) electrons. The Bertz CT molecular complexity index is 965. The number of hydrogen-bond donors (Lipinski definition) is 0. The number of nitrogens with zero attached hydrogens (tertiary/aromatic N) is 2. The second kappa shape index (κ2) is 8.29. The molecule has 0 aliphatic carbocycles. The molecule has 1 heterocycles. The number of aromatic nitrogens is 2. The van der Waals surface area contributed by atoms with E-state index in [1.807, 2.05) is 24.3 Å². The summed E-state index contributed by atoms with van der Waals surface area (Å²) in [6, 6.07) is 14.3. The largest absolute Gasteiger partial charge is 0.493 e. The van der Waals surface area contributed by atoms with Gasteiger partial charge in [-0.2, -0.15) is 0 Å². The molecule has 134 valence electrons. The molecule has 0 unspecified atom stereocenters. The molecule has 1 aromatic heterocycles. The number of methoxy groups -OCH3 is 1. The summed E-state index contributed by atoms with van der Waals surface area (Å²) < 4.78 is 12.1. The lowest BCUT2D eigenvalue weighted by Gasteiger charge is -2.10. The van der Waals surface area contributed by atoms with Gasteiger partial charge in [0.05, 0.1) is 30.9 Å². The molecule has 3 aromatic rings.